The molecule has 0 radical (unpaired) electrons. The Morgan fingerprint density at radius 2 is 1.75 bits per heavy atom. The summed E-state index contributed by atoms with van der Waals surface area (Å²) in [7, 11) is 1.49. The quantitative estimate of drug-likeness (QED) is 0.541. The molecule has 1 aromatic heterocycles. The van der Waals surface area contributed by atoms with Gasteiger partial charge in [0.25, 0.3) is 5.91 Å². The second-order valence-electron chi connectivity index (χ2n) is 7.12. The van der Waals surface area contributed by atoms with Crippen molar-refractivity contribution in [1.29, 1.82) is 0 Å². The Hall–Kier alpha value is -3.82. The van der Waals surface area contributed by atoms with Crippen molar-refractivity contribution in [3.8, 4) is 11.5 Å². The average molecular weight is 445 g/mol. The number of carbonyl (C=O) groups is 2. The van der Waals surface area contributed by atoms with Crippen LogP contribution in [0.25, 0.3) is 10.9 Å². The fourth-order valence-electron chi connectivity index (χ4n) is 3.64. The number of hydrogen-bond acceptors (Lipinski definition) is 5. The van der Waals surface area contributed by atoms with Crippen LogP contribution in [0, 0.1) is 0 Å². The molecule has 1 saturated heterocycles. The number of aromatic nitrogens is 1. The molecule has 32 heavy (non-hydrogen) atoms. The van der Waals surface area contributed by atoms with E-state index in [0.717, 1.165) is 22.4 Å². The van der Waals surface area contributed by atoms with Crippen LogP contribution >= 0.6 is 0 Å². The van der Waals surface area contributed by atoms with Gasteiger partial charge in [0.2, 0.25) is 0 Å². The predicted octanol–water partition coefficient (Wildman–Crippen LogP) is 4.50. The van der Waals surface area contributed by atoms with Gasteiger partial charge in [-0.1, -0.05) is 18.2 Å². The molecular formula is C22H18F3N3O4. The summed E-state index contributed by atoms with van der Waals surface area (Å²) >= 11 is 0. The van der Waals surface area contributed by atoms with Crippen LogP contribution in [-0.4, -0.2) is 41.3 Å². The number of alkyl halides is 3. The molecule has 1 unspecified atom stereocenters. The van der Waals surface area contributed by atoms with Gasteiger partial charge in [-0.05, 0) is 37.3 Å². The van der Waals surface area contributed by atoms with Crippen molar-refractivity contribution in [2.45, 2.75) is 25.9 Å². The van der Waals surface area contributed by atoms with Gasteiger partial charge in [-0.25, -0.2) is 9.69 Å². The van der Waals surface area contributed by atoms with E-state index in [4.69, 9.17) is 4.74 Å². The number of halogens is 3. The zero-order valence-electron chi connectivity index (χ0n) is 17.1. The first-order valence-corrected chi connectivity index (χ1v) is 9.60. The molecule has 4 rings (SSSR count). The van der Waals surface area contributed by atoms with Crippen molar-refractivity contribution < 1.29 is 32.2 Å². The largest absolute Gasteiger partial charge is 0.573 e. The third kappa shape index (κ3) is 3.91. The van der Waals surface area contributed by atoms with Crippen molar-refractivity contribution in [3.05, 3.63) is 60.3 Å². The molecule has 166 valence electrons. The minimum Gasteiger partial charge on any atom is -0.495 e. The SMILES string of the molecule is COc1cnc2ccccc2c1CN1C(=O)N(c2ccc(OC(F)(F)F)cc2)C(=O)C1C. The number of rotatable bonds is 5. The van der Waals surface area contributed by atoms with Gasteiger partial charge in [0.1, 0.15) is 17.5 Å². The van der Waals surface area contributed by atoms with Gasteiger partial charge in [0.05, 0.1) is 31.1 Å². The molecule has 0 saturated carbocycles. The zero-order valence-corrected chi connectivity index (χ0v) is 17.1. The summed E-state index contributed by atoms with van der Waals surface area (Å²) in [6.07, 6.45) is -3.28. The highest BCUT2D eigenvalue weighted by Gasteiger charge is 2.43. The normalized spacial score (nSPS) is 16.7. The number of hydrogen-bond donors (Lipinski definition) is 0. The number of pyridine rings is 1. The highest BCUT2D eigenvalue weighted by atomic mass is 19.4. The number of ether oxygens (including phenoxy) is 2. The molecule has 0 N–H and O–H groups in total. The number of urea groups is 1. The lowest BCUT2D eigenvalue weighted by Gasteiger charge is -2.21. The Bertz CT molecular complexity index is 1180. The molecule has 0 spiro atoms. The molecule has 1 fully saturated rings. The first-order chi connectivity index (χ1) is 15.2. The molecule has 3 aromatic rings. The Kier molecular flexibility index (Phi) is 5.37. The van der Waals surface area contributed by atoms with Crippen LogP contribution in [0.4, 0.5) is 23.7 Å². The van der Waals surface area contributed by atoms with E-state index in [1.807, 2.05) is 24.3 Å². The van der Waals surface area contributed by atoms with Crippen LogP contribution < -0.4 is 14.4 Å². The van der Waals surface area contributed by atoms with Crippen molar-refractivity contribution in [1.82, 2.24) is 9.88 Å². The van der Waals surface area contributed by atoms with E-state index >= 15 is 0 Å². The Labute approximate surface area is 181 Å². The molecule has 3 amide bonds. The van der Waals surface area contributed by atoms with E-state index < -0.39 is 30.1 Å². The lowest BCUT2D eigenvalue weighted by molar-refractivity contribution is -0.274. The van der Waals surface area contributed by atoms with E-state index in [1.165, 1.54) is 24.1 Å². The van der Waals surface area contributed by atoms with E-state index in [9.17, 15) is 22.8 Å². The highest BCUT2D eigenvalue weighted by molar-refractivity contribution is 6.21. The summed E-state index contributed by atoms with van der Waals surface area (Å²) in [5.41, 5.74) is 1.56. The Morgan fingerprint density at radius 3 is 2.41 bits per heavy atom. The van der Waals surface area contributed by atoms with E-state index in [-0.39, 0.29) is 12.2 Å². The van der Waals surface area contributed by atoms with Crippen LogP contribution in [0.3, 0.4) is 0 Å². The Balaban J connectivity index is 1.64. The number of methoxy groups -OCH3 is 1. The van der Waals surface area contributed by atoms with Crippen LogP contribution in [0.2, 0.25) is 0 Å². The third-order valence-corrected chi connectivity index (χ3v) is 5.21. The molecule has 1 aliphatic heterocycles. The maximum absolute atomic E-state index is 13.1. The second-order valence-corrected chi connectivity index (χ2v) is 7.12. The number of anilines is 1. The van der Waals surface area contributed by atoms with Gasteiger partial charge >= 0.3 is 12.4 Å². The summed E-state index contributed by atoms with van der Waals surface area (Å²) in [6, 6.07) is 10.5. The van der Waals surface area contributed by atoms with Gasteiger partial charge in [0.15, 0.2) is 0 Å². The molecule has 1 aliphatic rings. The summed E-state index contributed by atoms with van der Waals surface area (Å²) in [5, 5.41) is 0.784. The van der Waals surface area contributed by atoms with Crippen molar-refractivity contribution in [2.75, 3.05) is 12.0 Å². The van der Waals surface area contributed by atoms with Crippen molar-refractivity contribution in [3.63, 3.8) is 0 Å². The number of para-hydroxylation sites is 1. The van der Waals surface area contributed by atoms with Crippen LogP contribution in [0.1, 0.15) is 12.5 Å². The minimum absolute atomic E-state index is 0.0870. The smallest absolute Gasteiger partial charge is 0.495 e. The number of imide groups is 1. The second kappa shape index (κ2) is 8.03. The van der Waals surface area contributed by atoms with E-state index in [0.29, 0.717) is 16.8 Å². The fraction of sp³-hybridized carbons (Fsp3) is 0.227. The summed E-state index contributed by atoms with van der Waals surface area (Å²) in [4.78, 5) is 32.7. The molecule has 1 atom stereocenters. The van der Waals surface area contributed by atoms with Crippen molar-refractivity contribution in [2.24, 2.45) is 0 Å². The molecule has 2 aromatic carbocycles. The number of fused-ring (bicyclic) bond motifs is 1. The summed E-state index contributed by atoms with van der Waals surface area (Å²) in [6.45, 7) is 1.68. The van der Waals surface area contributed by atoms with E-state index in [1.54, 1.807) is 13.1 Å². The maximum Gasteiger partial charge on any atom is 0.573 e. The van der Waals surface area contributed by atoms with Crippen molar-refractivity contribution >= 4 is 28.5 Å². The molecule has 0 bridgehead atoms. The van der Waals surface area contributed by atoms with Crippen LogP contribution in [0.5, 0.6) is 11.5 Å². The molecular weight excluding hydrogens is 427 g/mol. The average Bonchev–Trinajstić information content (AvgIpc) is 2.96. The van der Waals surface area contributed by atoms with E-state index in [2.05, 4.69) is 9.72 Å². The number of nitrogens with zero attached hydrogens (tertiary/aromatic N) is 3. The molecule has 2 heterocycles. The number of benzene rings is 2. The van der Waals surface area contributed by atoms with Gasteiger partial charge in [-0.3, -0.25) is 9.78 Å². The van der Waals surface area contributed by atoms with Crippen LogP contribution in [-0.2, 0) is 11.3 Å². The monoisotopic (exact) mass is 445 g/mol. The Morgan fingerprint density at radius 1 is 1.06 bits per heavy atom. The number of carbonyl (C=O) groups excluding carboxylic acids is 2. The molecule has 0 aliphatic carbocycles. The fourth-order valence-corrected chi connectivity index (χ4v) is 3.64. The summed E-state index contributed by atoms with van der Waals surface area (Å²) < 4.78 is 46.4. The predicted molar refractivity (Wildman–Crippen MR) is 109 cm³/mol. The maximum atomic E-state index is 13.1. The minimum atomic E-state index is -4.83. The highest BCUT2D eigenvalue weighted by Crippen LogP contribution is 2.33. The lowest BCUT2D eigenvalue weighted by Crippen LogP contribution is -2.33. The summed E-state index contributed by atoms with van der Waals surface area (Å²) in [5.74, 6) is -0.460. The van der Waals surface area contributed by atoms with Gasteiger partial charge in [-0.2, -0.15) is 0 Å². The first-order valence-electron chi connectivity index (χ1n) is 9.60. The topological polar surface area (TPSA) is 72.0 Å². The van der Waals surface area contributed by atoms with Crippen LogP contribution in [0.15, 0.2) is 54.7 Å². The lowest BCUT2D eigenvalue weighted by atomic mass is 10.1. The van der Waals surface area contributed by atoms with Gasteiger partial charge in [0, 0.05) is 10.9 Å². The third-order valence-electron chi connectivity index (χ3n) is 5.21. The van der Waals surface area contributed by atoms with Gasteiger partial charge < -0.3 is 14.4 Å². The molecule has 10 heteroatoms. The zero-order chi connectivity index (χ0) is 23.0. The standard InChI is InChI=1S/C22H18F3N3O4/c1-13-20(29)28(14-7-9-15(10-8-14)32-22(23,24)25)21(30)27(13)12-17-16-5-3-4-6-18(16)26-11-19(17)31-2/h3-11,13H,12H2,1-2H3. The van der Waals surface area contributed by atoms with Gasteiger partial charge in [-0.15, -0.1) is 13.2 Å². The first kappa shape index (κ1) is 21.4. The molecule has 7 nitrogen and oxygen atoms in total. The number of amides is 3.